The minimum absolute atomic E-state index is 0.112. The number of aromatic nitrogens is 1. The Bertz CT molecular complexity index is 592. The number of carbonyl (C=O) groups is 1. The summed E-state index contributed by atoms with van der Waals surface area (Å²) in [6.07, 6.45) is 0. The van der Waals surface area contributed by atoms with Gasteiger partial charge in [-0.25, -0.2) is 4.79 Å². The molecule has 0 bridgehead atoms. The van der Waals surface area contributed by atoms with Gasteiger partial charge in [0.2, 0.25) is 0 Å². The van der Waals surface area contributed by atoms with Crippen molar-refractivity contribution in [3.63, 3.8) is 0 Å². The van der Waals surface area contributed by atoms with Crippen LogP contribution in [0, 0.1) is 11.3 Å². The molecule has 0 atom stereocenters. The van der Waals surface area contributed by atoms with Gasteiger partial charge in [-0.15, -0.1) is 0 Å². The van der Waals surface area contributed by atoms with Gasteiger partial charge in [-0.1, -0.05) is 12.1 Å². The molecule has 5 nitrogen and oxygen atoms in total. The van der Waals surface area contributed by atoms with Crippen LogP contribution in [0.1, 0.15) is 15.9 Å². The van der Waals surface area contributed by atoms with Gasteiger partial charge in [0.05, 0.1) is 11.1 Å². The summed E-state index contributed by atoms with van der Waals surface area (Å²) >= 11 is 0. The molecule has 2 aromatic rings. The lowest BCUT2D eigenvalue weighted by molar-refractivity contribution is 0.0699. The number of nitrogens with one attached hydrogen (secondary N) is 1. The third kappa shape index (κ3) is 1.20. The van der Waals surface area contributed by atoms with Crippen LogP contribution in [0.3, 0.4) is 0 Å². The molecule has 0 saturated carbocycles. The number of aromatic carboxylic acids is 1. The van der Waals surface area contributed by atoms with Crippen molar-refractivity contribution < 1.29 is 9.90 Å². The molecule has 2 rings (SSSR count). The first-order valence-electron chi connectivity index (χ1n) is 4.18. The zero-order chi connectivity index (χ0) is 11.0. The molecule has 0 aliphatic heterocycles. The fourth-order valence-electron chi connectivity index (χ4n) is 1.54. The zero-order valence-corrected chi connectivity index (χ0v) is 7.61. The number of nitrogen functional groups attached to an aromatic ring is 1. The highest BCUT2D eigenvalue weighted by Gasteiger charge is 2.14. The largest absolute Gasteiger partial charge is 0.478 e. The SMILES string of the molecule is N#Cc1c(N)[nH]c2c(C(=O)O)cccc12. The molecule has 1 heterocycles. The highest BCUT2D eigenvalue weighted by atomic mass is 16.4. The number of carboxylic acid groups (broad SMARTS) is 1. The smallest absolute Gasteiger partial charge is 0.337 e. The molecule has 0 aliphatic carbocycles. The molecule has 0 fully saturated rings. The lowest BCUT2D eigenvalue weighted by atomic mass is 10.1. The molecule has 0 radical (unpaired) electrons. The normalized spacial score (nSPS) is 10.1. The third-order valence-electron chi connectivity index (χ3n) is 2.21. The summed E-state index contributed by atoms with van der Waals surface area (Å²) < 4.78 is 0. The highest BCUT2D eigenvalue weighted by molar-refractivity contribution is 6.05. The van der Waals surface area contributed by atoms with Crippen LogP contribution in [-0.2, 0) is 0 Å². The number of aromatic amines is 1. The van der Waals surface area contributed by atoms with Gasteiger partial charge in [-0.05, 0) is 6.07 Å². The number of para-hydroxylation sites is 1. The second-order valence-corrected chi connectivity index (χ2v) is 3.06. The Morgan fingerprint density at radius 1 is 1.53 bits per heavy atom. The van der Waals surface area contributed by atoms with E-state index < -0.39 is 5.97 Å². The first kappa shape index (κ1) is 9.09. The third-order valence-corrected chi connectivity index (χ3v) is 2.21. The first-order valence-corrected chi connectivity index (χ1v) is 4.18. The van der Waals surface area contributed by atoms with E-state index in [-0.39, 0.29) is 16.9 Å². The molecule has 0 unspecified atom stereocenters. The number of nitrogens with two attached hydrogens (primary N) is 1. The van der Waals surface area contributed by atoms with Gasteiger partial charge in [0.15, 0.2) is 0 Å². The molecular formula is C10H7N3O2. The van der Waals surface area contributed by atoms with Crippen LogP contribution in [0.2, 0.25) is 0 Å². The van der Waals surface area contributed by atoms with Crippen LogP contribution < -0.4 is 5.73 Å². The number of fused-ring (bicyclic) bond motifs is 1. The Morgan fingerprint density at radius 3 is 2.87 bits per heavy atom. The Hall–Kier alpha value is -2.48. The van der Waals surface area contributed by atoms with Crippen molar-refractivity contribution in [3.8, 4) is 6.07 Å². The molecule has 0 saturated heterocycles. The summed E-state index contributed by atoms with van der Waals surface area (Å²) in [5.41, 5.74) is 6.35. The molecule has 74 valence electrons. The maximum atomic E-state index is 10.9. The average molecular weight is 201 g/mol. The van der Waals surface area contributed by atoms with E-state index in [9.17, 15) is 4.79 Å². The second-order valence-electron chi connectivity index (χ2n) is 3.06. The number of benzene rings is 1. The van der Waals surface area contributed by atoms with Crippen LogP contribution in [0.25, 0.3) is 10.9 Å². The number of H-pyrrole nitrogens is 1. The Morgan fingerprint density at radius 2 is 2.27 bits per heavy atom. The van der Waals surface area contributed by atoms with E-state index in [4.69, 9.17) is 16.1 Å². The summed E-state index contributed by atoms with van der Waals surface area (Å²) in [4.78, 5) is 13.6. The van der Waals surface area contributed by atoms with Crippen molar-refractivity contribution in [3.05, 3.63) is 29.3 Å². The van der Waals surface area contributed by atoms with Gasteiger partial charge < -0.3 is 15.8 Å². The summed E-state index contributed by atoms with van der Waals surface area (Å²) in [6.45, 7) is 0. The van der Waals surface area contributed by atoms with Crippen LogP contribution in [0.5, 0.6) is 0 Å². The number of nitrogens with zero attached hydrogens (tertiary/aromatic N) is 1. The highest BCUT2D eigenvalue weighted by Crippen LogP contribution is 2.25. The summed E-state index contributed by atoms with van der Waals surface area (Å²) in [6, 6.07) is 6.64. The van der Waals surface area contributed by atoms with Gasteiger partial charge in [-0.2, -0.15) is 5.26 Å². The number of hydrogen-bond acceptors (Lipinski definition) is 3. The van der Waals surface area contributed by atoms with Crippen molar-refractivity contribution in [2.24, 2.45) is 0 Å². The van der Waals surface area contributed by atoms with Crippen molar-refractivity contribution in [1.82, 2.24) is 4.98 Å². The van der Waals surface area contributed by atoms with E-state index in [1.165, 1.54) is 6.07 Å². The quantitative estimate of drug-likeness (QED) is 0.647. The fourth-order valence-corrected chi connectivity index (χ4v) is 1.54. The van der Waals surface area contributed by atoms with E-state index in [0.717, 1.165) is 0 Å². The molecule has 1 aromatic carbocycles. The molecular weight excluding hydrogens is 194 g/mol. The molecule has 0 spiro atoms. The summed E-state index contributed by atoms with van der Waals surface area (Å²) in [5, 5.41) is 18.3. The van der Waals surface area contributed by atoms with Crippen LogP contribution in [0.4, 0.5) is 5.82 Å². The molecule has 1 aromatic heterocycles. The van der Waals surface area contributed by atoms with Gasteiger partial charge in [-0.3, -0.25) is 0 Å². The molecule has 4 N–H and O–H groups in total. The topological polar surface area (TPSA) is 103 Å². The maximum Gasteiger partial charge on any atom is 0.337 e. The lowest BCUT2D eigenvalue weighted by Crippen LogP contribution is -1.96. The predicted molar refractivity (Wildman–Crippen MR) is 54.4 cm³/mol. The van der Waals surface area contributed by atoms with Crippen molar-refractivity contribution in [2.75, 3.05) is 5.73 Å². The average Bonchev–Trinajstić information content (AvgIpc) is 2.52. The second kappa shape index (κ2) is 3.03. The number of carboxylic acids is 1. The lowest BCUT2D eigenvalue weighted by Gasteiger charge is -1.95. The Kier molecular flexibility index (Phi) is 1.83. The number of rotatable bonds is 1. The van der Waals surface area contributed by atoms with E-state index in [0.29, 0.717) is 10.9 Å². The molecule has 0 amide bonds. The number of anilines is 1. The Balaban J connectivity index is 2.91. The van der Waals surface area contributed by atoms with E-state index in [1.807, 2.05) is 6.07 Å². The monoisotopic (exact) mass is 201 g/mol. The van der Waals surface area contributed by atoms with E-state index >= 15 is 0 Å². The summed E-state index contributed by atoms with van der Waals surface area (Å²) in [7, 11) is 0. The van der Waals surface area contributed by atoms with E-state index in [1.54, 1.807) is 12.1 Å². The molecule has 15 heavy (non-hydrogen) atoms. The van der Waals surface area contributed by atoms with Crippen molar-refractivity contribution >= 4 is 22.7 Å². The van der Waals surface area contributed by atoms with Gasteiger partial charge in [0.25, 0.3) is 0 Å². The van der Waals surface area contributed by atoms with Crippen molar-refractivity contribution in [2.45, 2.75) is 0 Å². The predicted octanol–water partition coefficient (Wildman–Crippen LogP) is 1.32. The van der Waals surface area contributed by atoms with E-state index in [2.05, 4.69) is 4.98 Å². The number of nitriles is 1. The first-order chi connectivity index (χ1) is 7.15. The van der Waals surface area contributed by atoms with Crippen LogP contribution >= 0.6 is 0 Å². The number of hydrogen-bond donors (Lipinski definition) is 3. The summed E-state index contributed by atoms with van der Waals surface area (Å²) in [5.74, 6) is -0.854. The Labute approximate surface area is 84.7 Å². The molecule has 5 heteroatoms. The zero-order valence-electron chi connectivity index (χ0n) is 7.61. The minimum atomic E-state index is -1.05. The standard InChI is InChI=1S/C10H7N3O2/c11-4-7-5-2-1-3-6(10(14)15)8(5)13-9(7)12/h1-3,13H,12H2,(H,14,15). The van der Waals surface area contributed by atoms with Crippen LogP contribution in [-0.4, -0.2) is 16.1 Å². The molecule has 0 aliphatic rings. The van der Waals surface area contributed by atoms with Crippen molar-refractivity contribution in [1.29, 1.82) is 5.26 Å². The van der Waals surface area contributed by atoms with Gasteiger partial charge >= 0.3 is 5.97 Å². The minimum Gasteiger partial charge on any atom is -0.478 e. The fraction of sp³-hybridized carbons (Fsp3) is 0. The maximum absolute atomic E-state index is 10.9. The van der Waals surface area contributed by atoms with Gasteiger partial charge in [0, 0.05) is 5.39 Å². The van der Waals surface area contributed by atoms with Gasteiger partial charge in [0.1, 0.15) is 17.5 Å². The van der Waals surface area contributed by atoms with Crippen LogP contribution in [0.15, 0.2) is 18.2 Å².